The predicted molar refractivity (Wildman–Crippen MR) is 52.4 cm³/mol. The summed E-state index contributed by atoms with van der Waals surface area (Å²) in [4.78, 5) is 11.4. The van der Waals surface area contributed by atoms with Gasteiger partial charge in [0.05, 0.1) is 11.6 Å². The van der Waals surface area contributed by atoms with Gasteiger partial charge in [-0.15, -0.1) is 0 Å². The van der Waals surface area contributed by atoms with Gasteiger partial charge in [-0.05, 0) is 0 Å². The van der Waals surface area contributed by atoms with Gasteiger partial charge in [0.25, 0.3) is 5.91 Å². The molecular weight excluding hydrogens is 206 g/mol. The largest absolute Gasteiger partial charge is 0.383 e. The molecule has 0 aliphatic rings. The SMILES string of the molecule is COCCNC(=O)c1nn(C)cc1Cl. The quantitative estimate of drug-likeness (QED) is 0.746. The first-order chi connectivity index (χ1) is 6.65. The van der Waals surface area contributed by atoms with E-state index in [1.165, 1.54) is 4.68 Å². The van der Waals surface area contributed by atoms with Crippen molar-refractivity contribution in [3.05, 3.63) is 16.9 Å². The maximum Gasteiger partial charge on any atom is 0.273 e. The highest BCUT2D eigenvalue weighted by Crippen LogP contribution is 2.12. The van der Waals surface area contributed by atoms with E-state index < -0.39 is 0 Å². The lowest BCUT2D eigenvalue weighted by atomic mass is 10.4. The minimum Gasteiger partial charge on any atom is -0.383 e. The van der Waals surface area contributed by atoms with E-state index in [0.29, 0.717) is 18.2 Å². The van der Waals surface area contributed by atoms with E-state index >= 15 is 0 Å². The summed E-state index contributed by atoms with van der Waals surface area (Å²) in [5, 5.41) is 6.90. The summed E-state index contributed by atoms with van der Waals surface area (Å²) < 4.78 is 6.28. The second-order valence-corrected chi connectivity index (χ2v) is 3.16. The van der Waals surface area contributed by atoms with Gasteiger partial charge in [-0.25, -0.2) is 0 Å². The van der Waals surface area contributed by atoms with Crippen molar-refractivity contribution in [1.29, 1.82) is 0 Å². The zero-order chi connectivity index (χ0) is 10.6. The number of aryl methyl sites for hydroxylation is 1. The number of hydrogen-bond donors (Lipinski definition) is 1. The number of nitrogens with one attached hydrogen (secondary N) is 1. The number of rotatable bonds is 4. The monoisotopic (exact) mass is 217 g/mol. The molecule has 14 heavy (non-hydrogen) atoms. The maximum absolute atomic E-state index is 11.4. The molecule has 1 heterocycles. The average Bonchev–Trinajstić information content (AvgIpc) is 2.45. The Morgan fingerprint density at radius 1 is 1.79 bits per heavy atom. The van der Waals surface area contributed by atoms with Crippen LogP contribution >= 0.6 is 11.6 Å². The summed E-state index contributed by atoms with van der Waals surface area (Å²) in [6.45, 7) is 0.915. The van der Waals surface area contributed by atoms with E-state index in [1.807, 2.05) is 0 Å². The maximum atomic E-state index is 11.4. The van der Waals surface area contributed by atoms with E-state index in [1.54, 1.807) is 20.4 Å². The fraction of sp³-hybridized carbons (Fsp3) is 0.500. The molecule has 1 aromatic rings. The van der Waals surface area contributed by atoms with Gasteiger partial charge in [0.1, 0.15) is 0 Å². The van der Waals surface area contributed by atoms with Crippen LogP contribution in [0.15, 0.2) is 6.20 Å². The molecule has 0 spiro atoms. The molecule has 0 unspecified atom stereocenters. The molecule has 6 heteroatoms. The van der Waals surface area contributed by atoms with E-state index in [0.717, 1.165) is 0 Å². The molecule has 5 nitrogen and oxygen atoms in total. The smallest absolute Gasteiger partial charge is 0.273 e. The molecule has 1 amide bonds. The van der Waals surface area contributed by atoms with Crippen LogP contribution in [0.3, 0.4) is 0 Å². The number of amides is 1. The summed E-state index contributed by atoms with van der Waals surface area (Å²) >= 11 is 5.78. The fourth-order valence-electron chi connectivity index (χ4n) is 0.964. The Hall–Kier alpha value is -1.07. The zero-order valence-corrected chi connectivity index (χ0v) is 8.84. The fourth-order valence-corrected chi connectivity index (χ4v) is 1.23. The highest BCUT2D eigenvalue weighted by molar-refractivity contribution is 6.33. The number of methoxy groups -OCH3 is 1. The number of hydrogen-bond acceptors (Lipinski definition) is 3. The summed E-state index contributed by atoms with van der Waals surface area (Å²) in [7, 11) is 3.28. The van der Waals surface area contributed by atoms with Crippen molar-refractivity contribution in [1.82, 2.24) is 15.1 Å². The van der Waals surface area contributed by atoms with Crippen LogP contribution in [0, 0.1) is 0 Å². The Morgan fingerprint density at radius 3 is 3.00 bits per heavy atom. The number of nitrogens with zero attached hydrogens (tertiary/aromatic N) is 2. The lowest BCUT2D eigenvalue weighted by Crippen LogP contribution is -2.27. The molecular formula is C8H12ClN3O2. The molecule has 1 aromatic heterocycles. The normalized spacial score (nSPS) is 10.2. The number of carbonyl (C=O) groups is 1. The molecule has 0 aliphatic carbocycles. The van der Waals surface area contributed by atoms with Crippen LogP contribution in [-0.2, 0) is 11.8 Å². The van der Waals surface area contributed by atoms with Crippen LogP contribution in [0.5, 0.6) is 0 Å². The molecule has 0 aliphatic heterocycles. The van der Waals surface area contributed by atoms with Crippen molar-refractivity contribution < 1.29 is 9.53 Å². The second kappa shape index (κ2) is 4.97. The van der Waals surface area contributed by atoms with Crippen molar-refractivity contribution >= 4 is 17.5 Å². The van der Waals surface area contributed by atoms with Crippen LogP contribution in [-0.4, -0.2) is 35.9 Å². The van der Waals surface area contributed by atoms with Gasteiger partial charge in [0, 0.05) is 26.9 Å². The summed E-state index contributed by atoms with van der Waals surface area (Å²) in [5.74, 6) is -0.285. The van der Waals surface area contributed by atoms with Gasteiger partial charge in [-0.3, -0.25) is 9.48 Å². The molecule has 78 valence electrons. The molecule has 0 atom stereocenters. The first kappa shape index (κ1) is 11.0. The van der Waals surface area contributed by atoms with Crippen molar-refractivity contribution in [2.75, 3.05) is 20.3 Å². The standard InChI is InChI=1S/C8H12ClN3O2/c1-12-5-6(9)7(11-12)8(13)10-3-4-14-2/h5H,3-4H2,1-2H3,(H,10,13). The third-order valence-electron chi connectivity index (χ3n) is 1.59. The molecule has 1 rings (SSSR count). The molecule has 0 aromatic carbocycles. The lowest BCUT2D eigenvalue weighted by molar-refractivity contribution is 0.0931. The van der Waals surface area contributed by atoms with Crippen molar-refractivity contribution in [2.24, 2.45) is 7.05 Å². The van der Waals surface area contributed by atoms with Gasteiger partial charge in [-0.2, -0.15) is 5.10 Å². The molecule has 0 saturated heterocycles. The Labute approximate surface area is 87.0 Å². The third kappa shape index (κ3) is 2.71. The van der Waals surface area contributed by atoms with Crippen LogP contribution in [0.1, 0.15) is 10.5 Å². The number of carbonyl (C=O) groups excluding carboxylic acids is 1. The van der Waals surface area contributed by atoms with Gasteiger partial charge in [-0.1, -0.05) is 11.6 Å². The van der Waals surface area contributed by atoms with Gasteiger partial charge < -0.3 is 10.1 Å². The van der Waals surface area contributed by atoms with Crippen LogP contribution in [0.25, 0.3) is 0 Å². The van der Waals surface area contributed by atoms with Gasteiger partial charge in [0.15, 0.2) is 5.69 Å². The summed E-state index contributed by atoms with van der Waals surface area (Å²) in [6, 6.07) is 0. The highest BCUT2D eigenvalue weighted by atomic mass is 35.5. The van der Waals surface area contributed by atoms with Gasteiger partial charge in [0.2, 0.25) is 0 Å². The van der Waals surface area contributed by atoms with Gasteiger partial charge >= 0.3 is 0 Å². The predicted octanol–water partition coefficient (Wildman–Crippen LogP) is 0.450. The molecule has 0 bridgehead atoms. The molecule has 0 radical (unpaired) electrons. The zero-order valence-electron chi connectivity index (χ0n) is 8.08. The summed E-state index contributed by atoms with van der Waals surface area (Å²) in [6.07, 6.45) is 1.58. The summed E-state index contributed by atoms with van der Waals surface area (Å²) in [5.41, 5.74) is 0.241. The highest BCUT2D eigenvalue weighted by Gasteiger charge is 2.13. The Balaban J connectivity index is 2.56. The first-order valence-electron chi connectivity index (χ1n) is 4.11. The molecule has 1 N–H and O–H groups in total. The van der Waals surface area contributed by atoms with E-state index in [2.05, 4.69) is 10.4 Å². The lowest BCUT2D eigenvalue weighted by Gasteiger charge is -2.01. The van der Waals surface area contributed by atoms with E-state index in [9.17, 15) is 4.79 Å². The Kier molecular flexibility index (Phi) is 3.91. The van der Waals surface area contributed by atoms with Crippen molar-refractivity contribution in [3.8, 4) is 0 Å². The minimum absolute atomic E-state index is 0.241. The minimum atomic E-state index is -0.285. The van der Waals surface area contributed by atoms with Crippen LogP contribution < -0.4 is 5.32 Å². The average molecular weight is 218 g/mol. The van der Waals surface area contributed by atoms with Crippen LogP contribution in [0.2, 0.25) is 5.02 Å². The second-order valence-electron chi connectivity index (χ2n) is 2.75. The number of aromatic nitrogens is 2. The molecule has 0 saturated carbocycles. The van der Waals surface area contributed by atoms with Crippen molar-refractivity contribution in [2.45, 2.75) is 0 Å². The molecule has 0 fully saturated rings. The first-order valence-corrected chi connectivity index (χ1v) is 4.49. The third-order valence-corrected chi connectivity index (χ3v) is 1.87. The Morgan fingerprint density at radius 2 is 2.50 bits per heavy atom. The van der Waals surface area contributed by atoms with E-state index in [4.69, 9.17) is 16.3 Å². The van der Waals surface area contributed by atoms with E-state index in [-0.39, 0.29) is 11.6 Å². The topological polar surface area (TPSA) is 56.1 Å². The number of halogens is 1. The van der Waals surface area contributed by atoms with Crippen LogP contribution in [0.4, 0.5) is 0 Å². The van der Waals surface area contributed by atoms with Crippen molar-refractivity contribution in [3.63, 3.8) is 0 Å². The number of ether oxygens (including phenoxy) is 1. The Bertz CT molecular complexity index is 324.